The molecule has 1 amide bonds. The highest BCUT2D eigenvalue weighted by Gasteiger charge is 2.46. The van der Waals surface area contributed by atoms with Gasteiger partial charge in [-0.25, -0.2) is 8.78 Å². The molecule has 14 heavy (non-hydrogen) atoms. The number of hydrogen-bond donors (Lipinski definition) is 0. The van der Waals surface area contributed by atoms with Gasteiger partial charge in [0, 0.05) is 6.42 Å². The van der Waals surface area contributed by atoms with Gasteiger partial charge in [0.1, 0.15) is 0 Å². The van der Waals surface area contributed by atoms with Crippen LogP contribution in [0.15, 0.2) is 0 Å². The molecule has 82 valence electrons. The van der Waals surface area contributed by atoms with E-state index >= 15 is 0 Å². The molecule has 1 fully saturated rings. The number of likely N-dealkylation sites (tertiary alicyclic amines) is 1. The van der Waals surface area contributed by atoms with Crippen LogP contribution < -0.4 is 0 Å². The lowest BCUT2D eigenvalue weighted by Crippen LogP contribution is -2.58. The van der Waals surface area contributed by atoms with E-state index in [1.165, 1.54) is 4.90 Å². The fourth-order valence-corrected chi connectivity index (χ4v) is 1.33. The Labute approximate surface area is 83.3 Å². The van der Waals surface area contributed by atoms with Crippen molar-refractivity contribution in [2.75, 3.05) is 13.1 Å². The van der Waals surface area contributed by atoms with Crippen LogP contribution in [0, 0.1) is 11.8 Å². The molecule has 1 rings (SSSR count). The maximum atomic E-state index is 12.5. The van der Waals surface area contributed by atoms with Crippen LogP contribution >= 0.6 is 0 Å². The minimum Gasteiger partial charge on any atom is -0.330 e. The van der Waals surface area contributed by atoms with Crippen LogP contribution in [-0.4, -0.2) is 29.8 Å². The van der Waals surface area contributed by atoms with Gasteiger partial charge in [-0.05, 0) is 11.8 Å². The van der Waals surface area contributed by atoms with Gasteiger partial charge in [-0.1, -0.05) is 20.8 Å². The lowest BCUT2D eigenvalue weighted by atomic mass is 9.93. The number of carbonyl (C=O) groups excluding carboxylic acids is 1. The molecule has 0 N–H and O–H groups in total. The van der Waals surface area contributed by atoms with Gasteiger partial charge in [-0.3, -0.25) is 4.79 Å². The Morgan fingerprint density at radius 1 is 1.36 bits per heavy atom. The molecule has 2 nitrogen and oxygen atoms in total. The van der Waals surface area contributed by atoms with Gasteiger partial charge >= 0.3 is 0 Å². The first-order valence-corrected chi connectivity index (χ1v) is 4.97. The van der Waals surface area contributed by atoms with Crippen LogP contribution in [0.2, 0.25) is 0 Å². The number of halogens is 2. The summed E-state index contributed by atoms with van der Waals surface area (Å²) < 4.78 is 24.9. The summed E-state index contributed by atoms with van der Waals surface area (Å²) in [4.78, 5) is 12.7. The Balaban J connectivity index is 2.31. The third-order valence-electron chi connectivity index (χ3n) is 2.83. The number of hydrogen-bond acceptors (Lipinski definition) is 1. The van der Waals surface area contributed by atoms with Crippen molar-refractivity contribution in [3.63, 3.8) is 0 Å². The van der Waals surface area contributed by atoms with Gasteiger partial charge in [-0.15, -0.1) is 0 Å². The zero-order chi connectivity index (χ0) is 10.9. The third kappa shape index (κ3) is 2.66. The van der Waals surface area contributed by atoms with E-state index in [9.17, 15) is 13.6 Å². The number of nitrogens with zero attached hydrogens (tertiary/aromatic N) is 1. The molecule has 4 heteroatoms. The van der Waals surface area contributed by atoms with Crippen molar-refractivity contribution in [1.82, 2.24) is 4.90 Å². The van der Waals surface area contributed by atoms with Crippen LogP contribution in [0.5, 0.6) is 0 Å². The summed E-state index contributed by atoms with van der Waals surface area (Å²) in [6, 6.07) is 0. The summed E-state index contributed by atoms with van der Waals surface area (Å²) in [5, 5.41) is 0. The molecule has 1 aliphatic heterocycles. The van der Waals surface area contributed by atoms with E-state index < -0.39 is 19.0 Å². The summed E-state index contributed by atoms with van der Waals surface area (Å²) in [5.41, 5.74) is 0. The van der Waals surface area contributed by atoms with E-state index in [0.29, 0.717) is 12.3 Å². The van der Waals surface area contributed by atoms with Gasteiger partial charge in [0.2, 0.25) is 5.91 Å². The first kappa shape index (κ1) is 11.4. The molecule has 0 bridgehead atoms. The van der Waals surface area contributed by atoms with E-state index in [-0.39, 0.29) is 11.8 Å². The van der Waals surface area contributed by atoms with E-state index in [4.69, 9.17) is 0 Å². The van der Waals surface area contributed by atoms with Crippen LogP contribution in [0.25, 0.3) is 0 Å². The molecule has 1 aliphatic rings. The van der Waals surface area contributed by atoms with Gasteiger partial charge in [0.05, 0.1) is 13.1 Å². The summed E-state index contributed by atoms with van der Waals surface area (Å²) in [6.07, 6.45) is 0.383. The SMILES string of the molecule is CC(C)C(C)CC(=O)N1CC(F)(F)C1. The second kappa shape index (κ2) is 3.83. The molecule has 0 radical (unpaired) electrons. The Kier molecular flexibility index (Phi) is 3.12. The summed E-state index contributed by atoms with van der Waals surface area (Å²) >= 11 is 0. The van der Waals surface area contributed by atoms with Crippen molar-refractivity contribution in [3.8, 4) is 0 Å². The quantitative estimate of drug-likeness (QED) is 0.691. The third-order valence-corrected chi connectivity index (χ3v) is 2.83. The first-order valence-electron chi connectivity index (χ1n) is 4.97. The van der Waals surface area contributed by atoms with Crippen molar-refractivity contribution in [1.29, 1.82) is 0 Å². The van der Waals surface area contributed by atoms with E-state index in [2.05, 4.69) is 0 Å². The first-order chi connectivity index (χ1) is 6.32. The lowest BCUT2D eigenvalue weighted by molar-refractivity contribution is -0.166. The van der Waals surface area contributed by atoms with Gasteiger partial charge in [0.25, 0.3) is 5.92 Å². The summed E-state index contributed by atoms with van der Waals surface area (Å²) in [6.45, 7) is 5.25. The highest BCUT2D eigenvalue weighted by atomic mass is 19.3. The monoisotopic (exact) mass is 205 g/mol. The van der Waals surface area contributed by atoms with Crippen LogP contribution in [-0.2, 0) is 4.79 Å². The smallest absolute Gasteiger partial charge is 0.282 e. The van der Waals surface area contributed by atoms with E-state index in [1.807, 2.05) is 20.8 Å². The number of amides is 1. The molecular formula is C10H17F2NO. The molecule has 0 aliphatic carbocycles. The van der Waals surface area contributed by atoms with Crippen molar-refractivity contribution in [2.45, 2.75) is 33.1 Å². The fraction of sp³-hybridized carbons (Fsp3) is 0.900. The predicted octanol–water partition coefficient (Wildman–Crippen LogP) is 2.15. The zero-order valence-electron chi connectivity index (χ0n) is 8.89. The average Bonchev–Trinajstić information content (AvgIpc) is 1.99. The normalized spacial score (nSPS) is 22.0. The van der Waals surface area contributed by atoms with Crippen LogP contribution in [0.1, 0.15) is 27.2 Å². The van der Waals surface area contributed by atoms with Crippen LogP contribution in [0.4, 0.5) is 8.78 Å². The summed E-state index contributed by atoms with van der Waals surface area (Å²) in [5.74, 6) is -2.11. The van der Waals surface area contributed by atoms with Gasteiger partial charge < -0.3 is 4.90 Å². The Morgan fingerprint density at radius 2 is 1.86 bits per heavy atom. The molecule has 0 spiro atoms. The Bertz CT molecular complexity index is 220. The highest BCUT2D eigenvalue weighted by Crippen LogP contribution is 2.28. The Morgan fingerprint density at radius 3 is 2.21 bits per heavy atom. The predicted molar refractivity (Wildman–Crippen MR) is 50.1 cm³/mol. The highest BCUT2D eigenvalue weighted by molar-refractivity contribution is 5.77. The largest absolute Gasteiger partial charge is 0.330 e. The van der Waals surface area contributed by atoms with Gasteiger partial charge in [-0.2, -0.15) is 0 Å². The Hall–Kier alpha value is -0.670. The van der Waals surface area contributed by atoms with Crippen molar-refractivity contribution in [3.05, 3.63) is 0 Å². The maximum Gasteiger partial charge on any atom is 0.282 e. The molecule has 1 atom stereocenters. The lowest BCUT2D eigenvalue weighted by Gasteiger charge is -2.39. The standard InChI is InChI=1S/C10H17F2NO/c1-7(2)8(3)4-9(14)13-5-10(11,12)6-13/h7-8H,4-6H2,1-3H3. The zero-order valence-corrected chi connectivity index (χ0v) is 8.89. The summed E-state index contributed by atoms with van der Waals surface area (Å²) in [7, 11) is 0. The maximum absolute atomic E-state index is 12.5. The van der Waals surface area contributed by atoms with Crippen LogP contribution in [0.3, 0.4) is 0 Å². The minimum atomic E-state index is -2.64. The van der Waals surface area contributed by atoms with E-state index in [1.54, 1.807) is 0 Å². The molecule has 0 aromatic carbocycles. The molecule has 0 aromatic rings. The molecule has 1 saturated heterocycles. The second-order valence-corrected chi connectivity index (χ2v) is 4.53. The number of alkyl halides is 2. The fourth-order valence-electron chi connectivity index (χ4n) is 1.33. The molecule has 0 saturated carbocycles. The second-order valence-electron chi connectivity index (χ2n) is 4.53. The average molecular weight is 205 g/mol. The minimum absolute atomic E-state index is 0.142. The van der Waals surface area contributed by atoms with Crippen molar-refractivity contribution < 1.29 is 13.6 Å². The molecule has 0 aromatic heterocycles. The number of rotatable bonds is 3. The van der Waals surface area contributed by atoms with Gasteiger partial charge in [0.15, 0.2) is 0 Å². The van der Waals surface area contributed by atoms with Crippen molar-refractivity contribution >= 4 is 5.91 Å². The number of carbonyl (C=O) groups is 1. The molecular weight excluding hydrogens is 188 g/mol. The van der Waals surface area contributed by atoms with E-state index in [0.717, 1.165) is 0 Å². The topological polar surface area (TPSA) is 20.3 Å². The molecule has 1 unspecified atom stereocenters. The molecule has 1 heterocycles. The van der Waals surface area contributed by atoms with Crippen molar-refractivity contribution in [2.24, 2.45) is 11.8 Å².